The predicted octanol–water partition coefficient (Wildman–Crippen LogP) is 4.34. The molecule has 3 aromatic rings. The van der Waals surface area contributed by atoms with E-state index in [2.05, 4.69) is 0 Å². The van der Waals surface area contributed by atoms with Crippen LogP contribution in [0.4, 0.5) is 0 Å². The van der Waals surface area contributed by atoms with Crippen molar-refractivity contribution in [3.63, 3.8) is 0 Å². The van der Waals surface area contributed by atoms with Gasteiger partial charge in [0.1, 0.15) is 11.5 Å². The van der Waals surface area contributed by atoms with Crippen LogP contribution in [-0.2, 0) is 17.8 Å². The molecule has 2 aliphatic rings. The van der Waals surface area contributed by atoms with Crippen LogP contribution in [0, 0.1) is 5.92 Å². The molecular formula is C24H23ClN2O3. The lowest BCUT2D eigenvalue weighted by Crippen LogP contribution is -2.49. The van der Waals surface area contributed by atoms with Crippen molar-refractivity contribution in [3.05, 3.63) is 81.4 Å². The van der Waals surface area contributed by atoms with Gasteiger partial charge in [0.25, 0.3) is 5.56 Å². The average Bonchev–Trinajstić information content (AvgIpc) is 3.22. The molecule has 0 radical (unpaired) electrons. The summed E-state index contributed by atoms with van der Waals surface area (Å²) < 4.78 is 7.82. The SMILES string of the molecule is O=C(CCc1ccc(-c2cccc(Cl)c2)o1)N1CC2CC(C1)c1cccc(=O)n1C2. The third kappa shape index (κ3) is 3.70. The van der Waals surface area contributed by atoms with Crippen molar-refractivity contribution in [2.45, 2.75) is 31.7 Å². The summed E-state index contributed by atoms with van der Waals surface area (Å²) in [7, 11) is 0. The fourth-order valence-corrected chi connectivity index (χ4v) is 4.99. The van der Waals surface area contributed by atoms with Crippen LogP contribution in [0.3, 0.4) is 0 Å². The van der Waals surface area contributed by atoms with Crippen molar-refractivity contribution in [2.75, 3.05) is 13.1 Å². The van der Waals surface area contributed by atoms with Crippen LogP contribution in [0.2, 0.25) is 5.02 Å². The highest BCUT2D eigenvalue weighted by molar-refractivity contribution is 6.30. The summed E-state index contributed by atoms with van der Waals surface area (Å²) >= 11 is 6.06. The van der Waals surface area contributed by atoms with Gasteiger partial charge in [-0.25, -0.2) is 0 Å². The number of amides is 1. The number of pyridine rings is 1. The minimum atomic E-state index is 0.0651. The molecule has 1 amide bonds. The highest BCUT2D eigenvalue weighted by atomic mass is 35.5. The second-order valence-electron chi connectivity index (χ2n) is 8.27. The summed E-state index contributed by atoms with van der Waals surface area (Å²) in [6.45, 7) is 2.11. The summed E-state index contributed by atoms with van der Waals surface area (Å²) in [5.74, 6) is 2.30. The van der Waals surface area contributed by atoms with Crippen LogP contribution >= 0.6 is 11.6 Å². The molecule has 2 aromatic heterocycles. The van der Waals surface area contributed by atoms with Crippen LogP contribution in [0.5, 0.6) is 0 Å². The Morgan fingerprint density at radius 2 is 1.93 bits per heavy atom. The molecule has 2 unspecified atom stereocenters. The van der Waals surface area contributed by atoms with Gasteiger partial charge in [-0.15, -0.1) is 0 Å². The largest absolute Gasteiger partial charge is 0.461 e. The first-order chi connectivity index (χ1) is 14.6. The summed E-state index contributed by atoms with van der Waals surface area (Å²) in [5.41, 5.74) is 2.06. The topological polar surface area (TPSA) is 55.5 Å². The number of hydrogen-bond acceptors (Lipinski definition) is 3. The smallest absolute Gasteiger partial charge is 0.250 e. The fourth-order valence-electron chi connectivity index (χ4n) is 4.80. The third-order valence-electron chi connectivity index (χ3n) is 6.19. The molecule has 0 spiro atoms. The molecular weight excluding hydrogens is 400 g/mol. The lowest BCUT2D eigenvalue weighted by molar-refractivity contribution is -0.134. The Hall–Kier alpha value is -2.79. The molecule has 0 saturated carbocycles. The van der Waals surface area contributed by atoms with E-state index in [1.807, 2.05) is 58.0 Å². The molecule has 0 aliphatic carbocycles. The fraction of sp³-hybridized carbons (Fsp3) is 0.333. The molecule has 2 aliphatic heterocycles. The number of halogens is 1. The molecule has 2 atom stereocenters. The van der Waals surface area contributed by atoms with E-state index in [9.17, 15) is 9.59 Å². The van der Waals surface area contributed by atoms with Gasteiger partial charge < -0.3 is 13.9 Å². The maximum Gasteiger partial charge on any atom is 0.250 e. The van der Waals surface area contributed by atoms with Gasteiger partial charge in [0, 0.05) is 60.7 Å². The van der Waals surface area contributed by atoms with Crippen LogP contribution < -0.4 is 5.56 Å². The average molecular weight is 423 g/mol. The Morgan fingerprint density at radius 1 is 1.07 bits per heavy atom. The predicted molar refractivity (Wildman–Crippen MR) is 116 cm³/mol. The summed E-state index contributed by atoms with van der Waals surface area (Å²) in [6.07, 6.45) is 2.04. The number of piperidine rings is 1. The van der Waals surface area contributed by atoms with Gasteiger partial charge in [0.15, 0.2) is 0 Å². The number of carbonyl (C=O) groups is 1. The number of aromatic nitrogens is 1. The molecule has 4 heterocycles. The van der Waals surface area contributed by atoms with E-state index in [1.165, 1.54) is 0 Å². The van der Waals surface area contributed by atoms with Crippen LogP contribution in [-0.4, -0.2) is 28.5 Å². The van der Waals surface area contributed by atoms with Crippen molar-refractivity contribution >= 4 is 17.5 Å². The third-order valence-corrected chi connectivity index (χ3v) is 6.42. The first-order valence-corrected chi connectivity index (χ1v) is 10.8. The first kappa shape index (κ1) is 19.2. The molecule has 5 rings (SSSR count). The van der Waals surface area contributed by atoms with Gasteiger partial charge in [0.05, 0.1) is 0 Å². The Kier molecular flexibility index (Phi) is 4.99. The standard InChI is InChI=1S/C24H23ClN2O3/c25-19-4-1-3-17(12-19)22-9-7-20(30-22)8-10-23(28)26-13-16-11-18(15-26)21-5-2-6-24(29)27(21)14-16/h1-7,9,12,16,18H,8,10-11,13-15H2. The second kappa shape index (κ2) is 7.80. The Labute approximate surface area is 179 Å². The van der Waals surface area contributed by atoms with E-state index in [-0.39, 0.29) is 17.4 Å². The zero-order valence-corrected chi connectivity index (χ0v) is 17.3. The van der Waals surface area contributed by atoms with Crippen LogP contribution in [0.15, 0.2) is 63.8 Å². The van der Waals surface area contributed by atoms with E-state index in [1.54, 1.807) is 6.07 Å². The van der Waals surface area contributed by atoms with Gasteiger partial charge in [-0.2, -0.15) is 0 Å². The number of likely N-dealkylation sites (tertiary alicyclic amines) is 1. The lowest BCUT2D eigenvalue weighted by atomic mass is 9.83. The maximum atomic E-state index is 12.9. The lowest BCUT2D eigenvalue weighted by Gasteiger charge is -2.42. The molecule has 5 nitrogen and oxygen atoms in total. The molecule has 2 bridgehead atoms. The molecule has 1 fully saturated rings. The zero-order valence-electron chi connectivity index (χ0n) is 16.6. The number of benzene rings is 1. The molecule has 154 valence electrons. The number of fused-ring (bicyclic) bond motifs is 4. The van der Waals surface area contributed by atoms with Gasteiger partial charge in [0.2, 0.25) is 5.91 Å². The van der Waals surface area contributed by atoms with E-state index in [0.717, 1.165) is 35.7 Å². The van der Waals surface area contributed by atoms with Gasteiger partial charge in [-0.05, 0) is 42.7 Å². The second-order valence-corrected chi connectivity index (χ2v) is 8.71. The Balaban J connectivity index is 1.24. The Morgan fingerprint density at radius 3 is 2.80 bits per heavy atom. The van der Waals surface area contributed by atoms with E-state index < -0.39 is 0 Å². The van der Waals surface area contributed by atoms with Crippen molar-refractivity contribution < 1.29 is 9.21 Å². The molecule has 1 aromatic carbocycles. The minimum absolute atomic E-state index is 0.0651. The molecule has 0 N–H and O–H groups in total. The molecule has 6 heteroatoms. The number of aryl methyl sites for hydroxylation is 1. The van der Waals surface area contributed by atoms with Crippen LogP contribution in [0.25, 0.3) is 11.3 Å². The van der Waals surface area contributed by atoms with E-state index in [0.29, 0.717) is 36.9 Å². The molecule has 1 saturated heterocycles. The van der Waals surface area contributed by atoms with E-state index >= 15 is 0 Å². The monoisotopic (exact) mass is 422 g/mol. The number of nitrogens with zero attached hydrogens (tertiary/aromatic N) is 2. The maximum absolute atomic E-state index is 12.9. The van der Waals surface area contributed by atoms with Gasteiger partial charge in [-0.1, -0.05) is 29.8 Å². The number of carbonyl (C=O) groups excluding carboxylic acids is 1. The zero-order chi connectivity index (χ0) is 20.7. The highest BCUT2D eigenvalue weighted by Gasteiger charge is 2.36. The van der Waals surface area contributed by atoms with Gasteiger partial charge in [-0.3, -0.25) is 9.59 Å². The highest BCUT2D eigenvalue weighted by Crippen LogP contribution is 2.35. The van der Waals surface area contributed by atoms with Crippen molar-refractivity contribution in [1.29, 1.82) is 0 Å². The normalized spacial score (nSPS) is 20.1. The Bertz CT molecular complexity index is 1150. The first-order valence-electron chi connectivity index (χ1n) is 10.4. The number of rotatable bonds is 4. The van der Waals surface area contributed by atoms with Crippen LogP contribution in [0.1, 0.15) is 30.2 Å². The minimum Gasteiger partial charge on any atom is -0.461 e. The number of hydrogen-bond donors (Lipinski definition) is 0. The van der Waals surface area contributed by atoms with Gasteiger partial charge >= 0.3 is 0 Å². The summed E-state index contributed by atoms with van der Waals surface area (Å²) in [6, 6.07) is 16.9. The summed E-state index contributed by atoms with van der Waals surface area (Å²) in [5, 5.41) is 0.667. The summed E-state index contributed by atoms with van der Waals surface area (Å²) in [4.78, 5) is 27.0. The number of furan rings is 1. The molecule has 30 heavy (non-hydrogen) atoms. The quantitative estimate of drug-likeness (QED) is 0.628. The van der Waals surface area contributed by atoms with E-state index in [4.69, 9.17) is 16.0 Å². The van der Waals surface area contributed by atoms with Crippen molar-refractivity contribution in [1.82, 2.24) is 9.47 Å². The van der Waals surface area contributed by atoms with Crippen molar-refractivity contribution in [3.8, 4) is 11.3 Å². The van der Waals surface area contributed by atoms with Crippen molar-refractivity contribution in [2.24, 2.45) is 5.92 Å².